The molecule has 1 unspecified atom stereocenters. The summed E-state index contributed by atoms with van der Waals surface area (Å²) in [7, 11) is 1.72. The van der Waals surface area contributed by atoms with Crippen LogP contribution >= 0.6 is 0 Å². The predicted octanol–water partition coefficient (Wildman–Crippen LogP) is 1.33. The molecular weight excluding hydrogens is 244 g/mol. The molecule has 5 heteroatoms. The number of carbonyl (C=O) groups is 2. The highest BCUT2D eigenvalue weighted by atomic mass is 16.4. The van der Waals surface area contributed by atoms with Gasteiger partial charge in [-0.05, 0) is 12.8 Å². The molecule has 2 aliphatic rings. The van der Waals surface area contributed by atoms with Gasteiger partial charge in [0.25, 0.3) is 0 Å². The first kappa shape index (κ1) is 14.3. The molecule has 1 aliphatic carbocycles. The van der Waals surface area contributed by atoms with Crippen LogP contribution < -0.4 is 0 Å². The number of amides is 1. The highest BCUT2D eigenvalue weighted by Crippen LogP contribution is 2.24. The first-order valence-electron chi connectivity index (χ1n) is 7.29. The number of carboxylic acids is 1. The van der Waals surface area contributed by atoms with Crippen LogP contribution in [0.3, 0.4) is 0 Å². The normalized spacial score (nSPS) is 27.3. The highest BCUT2D eigenvalue weighted by molar-refractivity contribution is 5.80. The van der Waals surface area contributed by atoms with Crippen LogP contribution in [0.25, 0.3) is 0 Å². The van der Waals surface area contributed by atoms with Crippen LogP contribution in [0.1, 0.15) is 44.9 Å². The van der Waals surface area contributed by atoms with Crippen molar-refractivity contribution in [1.29, 1.82) is 0 Å². The molecule has 1 aliphatic heterocycles. The Labute approximate surface area is 114 Å². The van der Waals surface area contributed by atoms with Crippen molar-refractivity contribution in [2.45, 2.75) is 57.0 Å². The Morgan fingerprint density at radius 1 is 1.26 bits per heavy atom. The summed E-state index contributed by atoms with van der Waals surface area (Å²) in [4.78, 5) is 26.8. The highest BCUT2D eigenvalue weighted by Gasteiger charge is 2.34. The predicted molar refractivity (Wildman–Crippen MR) is 71.9 cm³/mol. The summed E-state index contributed by atoms with van der Waals surface area (Å²) < 4.78 is 0. The van der Waals surface area contributed by atoms with Crippen LogP contribution in [-0.2, 0) is 9.59 Å². The van der Waals surface area contributed by atoms with E-state index in [-0.39, 0.29) is 18.4 Å². The van der Waals surface area contributed by atoms with Gasteiger partial charge in [-0.3, -0.25) is 14.5 Å². The molecule has 19 heavy (non-hydrogen) atoms. The minimum Gasteiger partial charge on any atom is -0.481 e. The van der Waals surface area contributed by atoms with Gasteiger partial charge in [-0.25, -0.2) is 0 Å². The fourth-order valence-electron chi connectivity index (χ4n) is 3.25. The van der Waals surface area contributed by atoms with Gasteiger partial charge < -0.3 is 10.0 Å². The maximum absolute atomic E-state index is 12.0. The zero-order chi connectivity index (χ0) is 13.8. The zero-order valence-corrected chi connectivity index (χ0v) is 11.7. The van der Waals surface area contributed by atoms with Gasteiger partial charge in [0.2, 0.25) is 5.91 Å². The number of nitrogens with zero attached hydrogens (tertiary/aromatic N) is 2. The number of carboxylic acid groups (broad SMARTS) is 1. The Morgan fingerprint density at radius 3 is 2.47 bits per heavy atom. The van der Waals surface area contributed by atoms with E-state index in [1.54, 1.807) is 11.9 Å². The van der Waals surface area contributed by atoms with Crippen molar-refractivity contribution in [3.63, 3.8) is 0 Å². The Bertz CT molecular complexity index is 338. The third-order valence-electron chi connectivity index (χ3n) is 4.48. The van der Waals surface area contributed by atoms with E-state index in [2.05, 4.69) is 4.90 Å². The molecule has 0 bridgehead atoms. The van der Waals surface area contributed by atoms with Gasteiger partial charge in [0.05, 0.1) is 19.0 Å². The third-order valence-corrected chi connectivity index (χ3v) is 4.48. The molecule has 2 rings (SSSR count). The van der Waals surface area contributed by atoms with Gasteiger partial charge in [0.15, 0.2) is 0 Å². The van der Waals surface area contributed by atoms with Crippen LogP contribution in [-0.4, -0.2) is 59.0 Å². The van der Waals surface area contributed by atoms with Gasteiger partial charge in [-0.15, -0.1) is 0 Å². The van der Waals surface area contributed by atoms with E-state index in [0.717, 1.165) is 12.8 Å². The lowest BCUT2D eigenvalue weighted by atomic mass is 10.0. The molecule has 1 atom stereocenters. The summed E-state index contributed by atoms with van der Waals surface area (Å²) in [6.07, 6.45) is 7.39. The van der Waals surface area contributed by atoms with Gasteiger partial charge >= 0.3 is 5.97 Å². The molecule has 5 nitrogen and oxygen atoms in total. The zero-order valence-electron chi connectivity index (χ0n) is 11.7. The van der Waals surface area contributed by atoms with Gasteiger partial charge in [-0.1, -0.05) is 25.7 Å². The van der Waals surface area contributed by atoms with Crippen molar-refractivity contribution in [2.75, 3.05) is 20.1 Å². The molecule has 0 spiro atoms. The van der Waals surface area contributed by atoms with Crippen LogP contribution in [0.2, 0.25) is 0 Å². The average molecular weight is 268 g/mol. The standard InChI is InChI=1S/C14H24N2O3/c1-15-12(8-14(18)19)9-16(10-13(15)17)11-6-4-2-3-5-7-11/h11-12H,2-10H2,1H3,(H,18,19). The van der Waals surface area contributed by atoms with E-state index in [9.17, 15) is 9.59 Å². The fourth-order valence-corrected chi connectivity index (χ4v) is 3.25. The molecule has 1 amide bonds. The van der Waals surface area contributed by atoms with E-state index in [4.69, 9.17) is 5.11 Å². The molecular formula is C14H24N2O3. The van der Waals surface area contributed by atoms with Crippen LogP contribution in [0.15, 0.2) is 0 Å². The molecule has 0 radical (unpaired) electrons. The van der Waals surface area contributed by atoms with Crippen LogP contribution in [0, 0.1) is 0 Å². The minimum atomic E-state index is -0.827. The van der Waals surface area contributed by atoms with Crippen molar-refractivity contribution in [3.05, 3.63) is 0 Å². The number of rotatable bonds is 3. The lowest BCUT2D eigenvalue weighted by Crippen LogP contribution is -2.57. The molecule has 0 aromatic rings. The maximum Gasteiger partial charge on any atom is 0.305 e. The second-order valence-corrected chi connectivity index (χ2v) is 5.83. The Morgan fingerprint density at radius 2 is 1.89 bits per heavy atom. The largest absolute Gasteiger partial charge is 0.481 e. The Hall–Kier alpha value is -1.10. The summed E-state index contributed by atoms with van der Waals surface area (Å²) in [5, 5.41) is 8.95. The molecule has 1 heterocycles. The quantitative estimate of drug-likeness (QED) is 0.784. The lowest BCUT2D eigenvalue weighted by Gasteiger charge is -2.42. The van der Waals surface area contributed by atoms with Crippen LogP contribution in [0.5, 0.6) is 0 Å². The molecule has 0 aromatic carbocycles. The van der Waals surface area contributed by atoms with E-state index < -0.39 is 5.97 Å². The maximum atomic E-state index is 12.0. The average Bonchev–Trinajstić information content (AvgIpc) is 2.63. The van der Waals surface area contributed by atoms with Crippen molar-refractivity contribution in [3.8, 4) is 0 Å². The monoisotopic (exact) mass is 268 g/mol. The smallest absolute Gasteiger partial charge is 0.305 e. The number of hydrogen-bond donors (Lipinski definition) is 1. The number of carbonyl (C=O) groups excluding carboxylic acids is 1. The lowest BCUT2D eigenvalue weighted by molar-refractivity contribution is -0.144. The second kappa shape index (κ2) is 6.37. The second-order valence-electron chi connectivity index (χ2n) is 5.83. The number of aliphatic carboxylic acids is 1. The SMILES string of the molecule is CN1C(=O)CN(C2CCCCCC2)CC1CC(=O)O. The topological polar surface area (TPSA) is 60.9 Å². The van der Waals surface area contributed by atoms with Crippen molar-refractivity contribution >= 4 is 11.9 Å². The first-order valence-corrected chi connectivity index (χ1v) is 7.29. The van der Waals surface area contributed by atoms with Gasteiger partial charge in [0.1, 0.15) is 0 Å². The van der Waals surface area contributed by atoms with Crippen molar-refractivity contribution in [2.24, 2.45) is 0 Å². The first-order chi connectivity index (χ1) is 9.08. The molecule has 1 saturated carbocycles. The summed E-state index contributed by atoms with van der Waals surface area (Å²) in [5.41, 5.74) is 0. The summed E-state index contributed by atoms with van der Waals surface area (Å²) >= 11 is 0. The summed E-state index contributed by atoms with van der Waals surface area (Å²) in [6.45, 7) is 1.16. The van der Waals surface area contributed by atoms with Gasteiger partial charge in [-0.2, -0.15) is 0 Å². The van der Waals surface area contributed by atoms with E-state index in [1.165, 1.54) is 25.7 Å². The number of piperazine rings is 1. The summed E-state index contributed by atoms with van der Waals surface area (Å²) in [5.74, 6) is -0.769. The third kappa shape index (κ3) is 3.69. The minimum absolute atomic E-state index is 0.0471. The summed E-state index contributed by atoms with van der Waals surface area (Å²) in [6, 6.07) is 0.290. The molecule has 1 N–H and O–H groups in total. The molecule has 0 aromatic heterocycles. The fraction of sp³-hybridized carbons (Fsp3) is 0.857. The molecule has 2 fully saturated rings. The Kier molecular flexibility index (Phi) is 4.80. The van der Waals surface area contributed by atoms with E-state index in [1.807, 2.05) is 0 Å². The Balaban J connectivity index is 2.00. The van der Waals surface area contributed by atoms with Crippen molar-refractivity contribution in [1.82, 2.24) is 9.80 Å². The van der Waals surface area contributed by atoms with E-state index >= 15 is 0 Å². The molecule has 108 valence electrons. The number of hydrogen-bond acceptors (Lipinski definition) is 3. The van der Waals surface area contributed by atoms with Crippen LogP contribution in [0.4, 0.5) is 0 Å². The molecule has 1 saturated heterocycles. The van der Waals surface area contributed by atoms with Gasteiger partial charge in [0, 0.05) is 19.6 Å². The van der Waals surface area contributed by atoms with Crippen molar-refractivity contribution < 1.29 is 14.7 Å². The van der Waals surface area contributed by atoms with E-state index in [0.29, 0.717) is 19.1 Å². The number of likely N-dealkylation sites (N-methyl/N-ethyl adjacent to an activating group) is 1.